The Morgan fingerprint density at radius 2 is 1.86 bits per heavy atom. The van der Waals surface area contributed by atoms with Crippen LogP contribution in [0.2, 0.25) is 0 Å². The van der Waals surface area contributed by atoms with Crippen molar-refractivity contribution in [1.29, 1.82) is 0 Å². The van der Waals surface area contributed by atoms with Gasteiger partial charge < -0.3 is 4.57 Å². The number of carbonyl (C=O) groups is 1. The molecule has 3 rings (SSSR count). The minimum atomic E-state index is -0.570. The molecule has 2 heterocycles. The Kier molecular flexibility index (Phi) is 3.55. The zero-order chi connectivity index (χ0) is 14.7. The normalized spacial score (nSPS) is 10.1. The molecule has 0 aliphatic heterocycles. The van der Waals surface area contributed by atoms with E-state index in [0.717, 1.165) is 15.4 Å². The van der Waals surface area contributed by atoms with Gasteiger partial charge in [-0.15, -0.1) is 11.3 Å². The summed E-state index contributed by atoms with van der Waals surface area (Å²) in [4.78, 5) is 15.5. The molecule has 6 heteroatoms. The van der Waals surface area contributed by atoms with E-state index in [0.29, 0.717) is 5.56 Å². The number of nitrogens with zero attached hydrogens (tertiary/aromatic N) is 4. The quantitative estimate of drug-likeness (QED) is 0.393. The first kappa shape index (κ1) is 13.2. The van der Waals surface area contributed by atoms with Gasteiger partial charge in [-0.3, -0.25) is 4.79 Å². The van der Waals surface area contributed by atoms with Crippen LogP contribution < -0.4 is 0 Å². The molecule has 0 N–H and O–H groups in total. The average Bonchev–Trinajstić information content (AvgIpc) is 3.17. The monoisotopic (exact) mass is 294 g/mol. The highest BCUT2D eigenvalue weighted by molar-refractivity contribution is 7.18. The van der Waals surface area contributed by atoms with E-state index in [1.54, 1.807) is 6.07 Å². The summed E-state index contributed by atoms with van der Waals surface area (Å²) in [7, 11) is 0. The van der Waals surface area contributed by atoms with Crippen molar-refractivity contribution in [3.05, 3.63) is 76.9 Å². The molecule has 0 fully saturated rings. The summed E-state index contributed by atoms with van der Waals surface area (Å²) < 4.78 is 1.84. The summed E-state index contributed by atoms with van der Waals surface area (Å²) in [6, 6.07) is 15.3. The zero-order valence-electron chi connectivity index (χ0n) is 10.9. The Morgan fingerprint density at radius 1 is 1.14 bits per heavy atom. The van der Waals surface area contributed by atoms with Gasteiger partial charge in [-0.2, -0.15) is 0 Å². The third kappa shape index (κ3) is 2.58. The molecule has 1 amide bonds. The lowest BCUT2D eigenvalue weighted by atomic mass is 10.1. The van der Waals surface area contributed by atoms with Crippen molar-refractivity contribution >= 4 is 17.2 Å². The van der Waals surface area contributed by atoms with Crippen molar-refractivity contribution in [1.82, 2.24) is 4.57 Å². The van der Waals surface area contributed by atoms with Gasteiger partial charge in [-0.05, 0) is 34.4 Å². The minimum absolute atomic E-state index is 0.410. The van der Waals surface area contributed by atoms with E-state index in [-0.39, 0.29) is 0 Å². The summed E-state index contributed by atoms with van der Waals surface area (Å²) in [6.07, 6.45) is 3.71. The van der Waals surface area contributed by atoms with Gasteiger partial charge in [0.1, 0.15) is 5.00 Å². The fraction of sp³-hybridized carbons (Fsp3) is 0. The second-order valence-corrected chi connectivity index (χ2v) is 5.31. The molecule has 0 saturated carbocycles. The zero-order valence-corrected chi connectivity index (χ0v) is 11.7. The molecule has 0 saturated heterocycles. The summed E-state index contributed by atoms with van der Waals surface area (Å²) >= 11 is 1.48. The summed E-state index contributed by atoms with van der Waals surface area (Å²) in [6.45, 7) is 0. The van der Waals surface area contributed by atoms with Gasteiger partial charge in [0.15, 0.2) is 0 Å². The van der Waals surface area contributed by atoms with Gasteiger partial charge >= 0.3 is 0 Å². The van der Waals surface area contributed by atoms with Gasteiger partial charge in [0.25, 0.3) is 5.91 Å². The Hall–Kier alpha value is -2.82. The number of hydrogen-bond acceptors (Lipinski definition) is 2. The number of carbonyl (C=O) groups excluding carboxylic acids is 1. The van der Waals surface area contributed by atoms with Crippen LogP contribution >= 0.6 is 11.3 Å². The highest BCUT2D eigenvalue weighted by Gasteiger charge is 2.16. The van der Waals surface area contributed by atoms with E-state index in [1.807, 2.05) is 59.4 Å². The van der Waals surface area contributed by atoms with Crippen LogP contribution in [0, 0.1) is 0 Å². The van der Waals surface area contributed by atoms with Crippen LogP contribution in [0.25, 0.3) is 25.9 Å². The lowest BCUT2D eigenvalue weighted by Gasteiger charge is -2.00. The Morgan fingerprint density at radius 3 is 2.52 bits per heavy atom. The van der Waals surface area contributed by atoms with Gasteiger partial charge in [-0.1, -0.05) is 30.3 Å². The molecular weight excluding hydrogens is 284 g/mol. The predicted molar refractivity (Wildman–Crippen MR) is 82.6 cm³/mol. The lowest BCUT2D eigenvalue weighted by molar-refractivity contribution is 0.100. The van der Waals surface area contributed by atoms with Crippen LogP contribution in [-0.4, -0.2) is 10.5 Å². The number of azide groups is 1. The molecular formula is C15H10N4OS. The number of thiophene rings is 1. The standard InChI is InChI=1S/C15H10N4OS/c16-18-17-14(20)12-10-13(11-6-2-1-3-7-11)21-15(12)19-8-4-5-9-19/h1-10H. The number of hydrogen-bond donors (Lipinski definition) is 0. The van der Waals surface area contributed by atoms with Crippen LogP contribution in [0.3, 0.4) is 0 Å². The van der Waals surface area contributed by atoms with Crippen molar-refractivity contribution < 1.29 is 4.79 Å². The largest absolute Gasteiger partial charge is 0.315 e. The Bertz CT molecular complexity index is 815. The maximum absolute atomic E-state index is 12.0. The fourth-order valence-electron chi connectivity index (χ4n) is 2.04. The van der Waals surface area contributed by atoms with Crippen LogP contribution in [0.15, 0.2) is 66.0 Å². The topological polar surface area (TPSA) is 70.8 Å². The first-order valence-electron chi connectivity index (χ1n) is 6.21. The molecule has 0 atom stereocenters. The van der Waals surface area contributed by atoms with E-state index in [1.165, 1.54) is 11.3 Å². The molecule has 21 heavy (non-hydrogen) atoms. The van der Waals surface area contributed by atoms with Crippen LogP contribution in [0.4, 0.5) is 0 Å². The summed E-state index contributed by atoms with van der Waals surface area (Å²) in [5.41, 5.74) is 9.91. The molecule has 0 spiro atoms. The molecule has 0 unspecified atom stereocenters. The van der Waals surface area contributed by atoms with Gasteiger partial charge in [0.05, 0.1) is 5.56 Å². The number of benzene rings is 1. The minimum Gasteiger partial charge on any atom is -0.315 e. The SMILES string of the molecule is [N-]=[N+]=NC(=O)c1cc(-c2ccccc2)sc1-n1cccc1. The first-order valence-corrected chi connectivity index (χ1v) is 7.03. The summed E-state index contributed by atoms with van der Waals surface area (Å²) in [5, 5.41) is 3.95. The highest BCUT2D eigenvalue weighted by atomic mass is 32.1. The van der Waals surface area contributed by atoms with Gasteiger partial charge in [-0.25, -0.2) is 0 Å². The molecule has 3 aromatic rings. The number of rotatable bonds is 3. The van der Waals surface area contributed by atoms with E-state index >= 15 is 0 Å². The maximum Gasteiger partial charge on any atom is 0.252 e. The molecule has 0 radical (unpaired) electrons. The van der Waals surface area contributed by atoms with E-state index in [2.05, 4.69) is 10.0 Å². The smallest absolute Gasteiger partial charge is 0.252 e. The van der Waals surface area contributed by atoms with Gasteiger partial charge in [0.2, 0.25) is 0 Å². The predicted octanol–water partition coefficient (Wildman–Crippen LogP) is 4.66. The molecule has 0 bridgehead atoms. The molecule has 5 nitrogen and oxygen atoms in total. The number of aromatic nitrogens is 1. The van der Waals surface area contributed by atoms with Crippen molar-refractivity contribution in [2.24, 2.45) is 5.11 Å². The Balaban J connectivity index is 2.16. The van der Waals surface area contributed by atoms with Crippen molar-refractivity contribution in [2.75, 3.05) is 0 Å². The molecule has 0 aliphatic rings. The number of amides is 1. The Labute approximate surface area is 124 Å². The van der Waals surface area contributed by atoms with Crippen LogP contribution in [0.1, 0.15) is 10.4 Å². The van der Waals surface area contributed by atoms with E-state index < -0.39 is 5.91 Å². The highest BCUT2D eigenvalue weighted by Crippen LogP contribution is 2.34. The average molecular weight is 294 g/mol. The fourth-order valence-corrected chi connectivity index (χ4v) is 3.16. The second kappa shape index (κ2) is 5.66. The molecule has 0 aliphatic carbocycles. The van der Waals surface area contributed by atoms with E-state index in [9.17, 15) is 4.79 Å². The second-order valence-electron chi connectivity index (χ2n) is 4.28. The van der Waals surface area contributed by atoms with Crippen LogP contribution in [-0.2, 0) is 0 Å². The third-order valence-electron chi connectivity index (χ3n) is 2.98. The molecule has 1 aromatic carbocycles. The van der Waals surface area contributed by atoms with Gasteiger partial charge in [0, 0.05) is 22.2 Å². The van der Waals surface area contributed by atoms with Crippen LogP contribution in [0.5, 0.6) is 0 Å². The van der Waals surface area contributed by atoms with Crippen molar-refractivity contribution in [3.8, 4) is 15.4 Å². The van der Waals surface area contributed by atoms with Crippen molar-refractivity contribution in [2.45, 2.75) is 0 Å². The lowest BCUT2D eigenvalue weighted by Crippen LogP contribution is -1.97. The molecule has 2 aromatic heterocycles. The summed E-state index contributed by atoms with van der Waals surface area (Å²) in [5.74, 6) is -0.570. The third-order valence-corrected chi connectivity index (χ3v) is 4.17. The molecule has 102 valence electrons. The van der Waals surface area contributed by atoms with Crippen molar-refractivity contribution in [3.63, 3.8) is 0 Å². The van der Waals surface area contributed by atoms with E-state index in [4.69, 9.17) is 5.53 Å². The first-order chi connectivity index (χ1) is 10.3. The maximum atomic E-state index is 12.0.